The van der Waals surface area contributed by atoms with E-state index in [2.05, 4.69) is 5.32 Å². The van der Waals surface area contributed by atoms with Crippen molar-refractivity contribution in [2.24, 2.45) is 0 Å². The molecular formula is C23H24N2O6S. The summed E-state index contributed by atoms with van der Waals surface area (Å²) >= 11 is 1.48. The number of imide groups is 1. The molecule has 32 heavy (non-hydrogen) atoms. The fraction of sp³-hybridized carbons (Fsp3) is 0.304. The number of ether oxygens (including phenoxy) is 2. The van der Waals surface area contributed by atoms with Crippen molar-refractivity contribution in [2.45, 2.75) is 19.0 Å². The smallest absolute Gasteiger partial charge is 0.329 e. The first-order valence-electron chi connectivity index (χ1n) is 9.98. The first-order chi connectivity index (χ1) is 15.5. The standard InChI is InChI=1S/C23H24N2O6S/c1-30-16-9-7-15(8-10-16)13-24-20(26)14-31-23(29)19(11-12-32-2)25-21(27)17-5-3-4-6-18(17)22(25)28/h3-10,19H,11-14H2,1-2H3,(H,24,26). The van der Waals surface area contributed by atoms with Crippen LogP contribution in [-0.2, 0) is 20.9 Å². The van der Waals surface area contributed by atoms with Gasteiger partial charge in [0.25, 0.3) is 17.7 Å². The second kappa shape index (κ2) is 10.8. The maximum absolute atomic E-state index is 12.8. The van der Waals surface area contributed by atoms with Gasteiger partial charge in [-0.1, -0.05) is 24.3 Å². The van der Waals surface area contributed by atoms with Gasteiger partial charge in [-0.15, -0.1) is 0 Å². The molecule has 2 aromatic rings. The average molecular weight is 457 g/mol. The van der Waals surface area contributed by atoms with Crippen LogP contribution in [-0.4, -0.2) is 60.4 Å². The van der Waals surface area contributed by atoms with E-state index in [0.717, 1.165) is 10.5 Å². The molecule has 0 aliphatic carbocycles. The molecule has 0 aromatic heterocycles. The topological polar surface area (TPSA) is 102 Å². The van der Waals surface area contributed by atoms with E-state index >= 15 is 0 Å². The zero-order chi connectivity index (χ0) is 23.1. The van der Waals surface area contributed by atoms with E-state index in [0.29, 0.717) is 11.5 Å². The third-order valence-electron chi connectivity index (χ3n) is 5.00. The molecule has 9 heteroatoms. The van der Waals surface area contributed by atoms with E-state index in [1.165, 1.54) is 11.8 Å². The number of benzene rings is 2. The number of amides is 3. The van der Waals surface area contributed by atoms with Crippen LogP contribution in [0.2, 0.25) is 0 Å². The van der Waals surface area contributed by atoms with E-state index < -0.39 is 36.3 Å². The SMILES string of the molecule is COc1ccc(CNC(=O)COC(=O)C(CCSC)N2C(=O)c3ccccc3C2=O)cc1. The van der Waals surface area contributed by atoms with Crippen LogP contribution >= 0.6 is 11.8 Å². The average Bonchev–Trinajstić information content (AvgIpc) is 3.07. The van der Waals surface area contributed by atoms with Crippen LogP contribution < -0.4 is 10.1 Å². The van der Waals surface area contributed by atoms with Crippen molar-refractivity contribution in [1.82, 2.24) is 10.2 Å². The number of carbonyl (C=O) groups is 4. The minimum atomic E-state index is -1.09. The minimum absolute atomic E-state index is 0.235. The number of nitrogens with zero attached hydrogens (tertiary/aromatic N) is 1. The first-order valence-corrected chi connectivity index (χ1v) is 11.4. The lowest BCUT2D eigenvalue weighted by atomic mass is 10.1. The summed E-state index contributed by atoms with van der Waals surface area (Å²) in [7, 11) is 1.57. The molecule has 0 saturated carbocycles. The van der Waals surface area contributed by atoms with Crippen molar-refractivity contribution < 1.29 is 28.7 Å². The van der Waals surface area contributed by atoms with E-state index in [4.69, 9.17) is 9.47 Å². The zero-order valence-electron chi connectivity index (χ0n) is 17.8. The summed E-state index contributed by atoms with van der Waals surface area (Å²) in [4.78, 5) is 51.4. The summed E-state index contributed by atoms with van der Waals surface area (Å²) in [5.41, 5.74) is 1.38. The number of hydrogen-bond donors (Lipinski definition) is 1. The number of methoxy groups -OCH3 is 1. The van der Waals surface area contributed by atoms with Gasteiger partial charge in [0.1, 0.15) is 11.8 Å². The van der Waals surface area contributed by atoms with Crippen LogP contribution in [0.3, 0.4) is 0 Å². The Morgan fingerprint density at radius 1 is 1.03 bits per heavy atom. The van der Waals surface area contributed by atoms with Gasteiger partial charge in [0.2, 0.25) is 0 Å². The van der Waals surface area contributed by atoms with Gasteiger partial charge in [0.15, 0.2) is 6.61 Å². The van der Waals surface area contributed by atoms with Crippen molar-refractivity contribution >= 4 is 35.5 Å². The van der Waals surface area contributed by atoms with E-state index in [1.54, 1.807) is 43.5 Å². The molecule has 1 aliphatic heterocycles. The van der Waals surface area contributed by atoms with E-state index in [9.17, 15) is 19.2 Å². The first kappa shape index (κ1) is 23.3. The molecule has 1 unspecified atom stereocenters. The van der Waals surface area contributed by atoms with Gasteiger partial charge in [-0.3, -0.25) is 19.3 Å². The number of thioether (sulfide) groups is 1. The van der Waals surface area contributed by atoms with Gasteiger partial charge in [0, 0.05) is 6.54 Å². The predicted octanol–water partition coefficient (Wildman–Crippen LogP) is 2.27. The molecule has 1 N–H and O–H groups in total. The fourth-order valence-corrected chi connectivity index (χ4v) is 3.76. The monoisotopic (exact) mass is 456 g/mol. The molecule has 0 saturated heterocycles. The zero-order valence-corrected chi connectivity index (χ0v) is 18.6. The quantitative estimate of drug-likeness (QED) is 0.432. The largest absolute Gasteiger partial charge is 0.497 e. The highest BCUT2D eigenvalue weighted by atomic mass is 32.2. The van der Waals surface area contributed by atoms with E-state index in [-0.39, 0.29) is 24.1 Å². The lowest BCUT2D eigenvalue weighted by Crippen LogP contribution is -2.46. The molecule has 2 aromatic carbocycles. The molecule has 0 spiro atoms. The summed E-state index contributed by atoms with van der Waals surface area (Å²) in [6, 6.07) is 12.5. The van der Waals surface area contributed by atoms with Gasteiger partial charge in [0.05, 0.1) is 18.2 Å². The van der Waals surface area contributed by atoms with Crippen molar-refractivity contribution in [2.75, 3.05) is 25.7 Å². The molecule has 1 aliphatic rings. The highest BCUT2D eigenvalue weighted by molar-refractivity contribution is 7.98. The van der Waals surface area contributed by atoms with Crippen molar-refractivity contribution in [1.29, 1.82) is 0 Å². The third kappa shape index (κ3) is 5.28. The summed E-state index contributed by atoms with van der Waals surface area (Å²) < 4.78 is 10.3. The number of esters is 1. The summed E-state index contributed by atoms with van der Waals surface area (Å²) in [5.74, 6) is -1.08. The van der Waals surface area contributed by atoms with Crippen molar-refractivity contribution in [3.8, 4) is 5.75 Å². The van der Waals surface area contributed by atoms with Crippen molar-refractivity contribution in [3.63, 3.8) is 0 Å². The highest BCUT2D eigenvalue weighted by Gasteiger charge is 2.43. The van der Waals surface area contributed by atoms with Gasteiger partial charge in [-0.05, 0) is 48.3 Å². The van der Waals surface area contributed by atoms with Gasteiger partial charge >= 0.3 is 5.97 Å². The second-order valence-electron chi connectivity index (χ2n) is 7.06. The minimum Gasteiger partial charge on any atom is -0.497 e. The Morgan fingerprint density at radius 3 is 2.22 bits per heavy atom. The number of fused-ring (bicyclic) bond motifs is 1. The second-order valence-corrected chi connectivity index (χ2v) is 8.04. The molecule has 8 nitrogen and oxygen atoms in total. The Morgan fingerprint density at radius 2 is 1.66 bits per heavy atom. The molecule has 1 heterocycles. The molecule has 168 valence electrons. The Labute approximate surface area is 190 Å². The Bertz CT molecular complexity index is 973. The molecule has 3 amide bonds. The number of nitrogens with one attached hydrogen (secondary N) is 1. The Kier molecular flexibility index (Phi) is 7.88. The Balaban J connectivity index is 1.59. The van der Waals surface area contributed by atoms with Crippen LogP contribution in [0.4, 0.5) is 0 Å². The Hall–Kier alpha value is -3.33. The van der Waals surface area contributed by atoms with Crippen LogP contribution in [0.15, 0.2) is 48.5 Å². The molecule has 0 fully saturated rings. The normalized spacial score (nSPS) is 13.5. The highest BCUT2D eigenvalue weighted by Crippen LogP contribution is 2.26. The van der Waals surface area contributed by atoms with Crippen LogP contribution in [0.1, 0.15) is 32.7 Å². The maximum atomic E-state index is 12.8. The van der Waals surface area contributed by atoms with E-state index in [1.807, 2.05) is 18.4 Å². The molecular weight excluding hydrogens is 432 g/mol. The summed E-state index contributed by atoms with van der Waals surface area (Å²) in [6.45, 7) is -0.247. The predicted molar refractivity (Wildman–Crippen MR) is 120 cm³/mol. The molecule has 0 bridgehead atoms. The number of carbonyl (C=O) groups excluding carboxylic acids is 4. The van der Waals surface area contributed by atoms with Crippen molar-refractivity contribution in [3.05, 3.63) is 65.2 Å². The molecule has 0 radical (unpaired) electrons. The number of rotatable bonds is 10. The molecule has 1 atom stereocenters. The van der Waals surface area contributed by atoms with Crippen LogP contribution in [0.5, 0.6) is 5.75 Å². The summed E-state index contributed by atoms with van der Waals surface area (Å²) in [6.07, 6.45) is 2.09. The van der Waals surface area contributed by atoms with Gasteiger partial charge in [-0.2, -0.15) is 11.8 Å². The lowest BCUT2D eigenvalue weighted by Gasteiger charge is -2.24. The molecule has 3 rings (SSSR count). The summed E-state index contributed by atoms with van der Waals surface area (Å²) in [5, 5.41) is 2.67. The van der Waals surface area contributed by atoms with Crippen LogP contribution in [0, 0.1) is 0 Å². The maximum Gasteiger partial charge on any atom is 0.329 e. The lowest BCUT2D eigenvalue weighted by molar-refractivity contribution is -0.152. The third-order valence-corrected chi connectivity index (χ3v) is 5.64. The van der Waals surface area contributed by atoms with Gasteiger partial charge < -0.3 is 14.8 Å². The fourth-order valence-electron chi connectivity index (χ4n) is 3.30. The van der Waals surface area contributed by atoms with Crippen LogP contribution in [0.25, 0.3) is 0 Å². The van der Waals surface area contributed by atoms with Gasteiger partial charge in [-0.25, -0.2) is 4.79 Å². The number of hydrogen-bond acceptors (Lipinski definition) is 7.